The van der Waals surface area contributed by atoms with Crippen molar-refractivity contribution in [2.24, 2.45) is 0 Å². The first kappa shape index (κ1) is 5.88. The van der Waals surface area contributed by atoms with E-state index in [2.05, 4.69) is 4.98 Å². The molecule has 4 heteroatoms. The van der Waals surface area contributed by atoms with E-state index in [1.807, 2.05) is 22.7 Å². The lowest BCUT2D eigenvalue weighted by Crippen LogP contribution is -1.97. The highest BCUT2D eigenvalue weighted by molar-refractivity contribution is 5.55. The zero-order valence-electron chi connectivity index (χ0n) is 6.23. The number of nitrogens with zero attached hydrogens (tertiary/aromatic N) is 2. The van der Waals surface area contributed by atoms with Gasteiger partial charge < -0.3 is 9.47 Å². The Morgan fingerprint density at radius 2 is 2.42 bits per heavy atom. The van der Waals surface area contributed by atoms with E-state index in [1.165, 1.54) is 0 Å². The molecule has 12 heavy (non-hydrogen) atoms. The lowest BCUT2D eigenvalue weighted by molar-refractivity contribution is 0.168. The maximum atomic E-state index is 5.25. The SMILES string of the molecule is c1cnc2cc3c(n2c1)OCO3. The van der Waals surface area contributed by atoms with Gasteiger partial charge in [-0.05, 0) is 6.07 Å². The second-order valence-electron chi connectivity index (χ2n) is 2.57. The van der Waals surface area contributed by atoms with E-state index in [0.717, 1.165) is 17.3 Å². The molecule has 0 aliphatic carbocycles. The van der Waals surface area contributed by atoms with Crippen LogP contribution < -0.4 is 9.47 Å². The minimum atomic E-state index is 0.308. The van der Waals surface area contributed by atoms with E-state index >= 15 is 0 Å². The number of fused-ring (bicyclic) bond motifs is 3. The summed E-state index contributed by atoms with van der Waals surface area (Å²) in [4.78, 5) is 4.15. The number of aromatic nitrogens is 2. The Kier molecular flexibility index (Phi) is 0.935. The molecule has 3 heterocycles. The van der Waals surface area contributed by atoms with Crippen molar-refractivity contribution in [3.63, 3.8) is 0 Å². The average molecular weight is 162 g/mol. The van der Waals surface area contributed by atoms with E-state index in [0.29, 0.717) is 6.79 Å². The summed E-state index contributed by atoms with van der Waals surface area (Å²) in [6, 6.07) is 3.72. The average Bonchev–Trinajstić information content (AvgIpc) is 2.62. The maximum Gasteiger partial charge on any atom is 0.246 e. The zero-order chi connectivity index (χ0) is 7.97. The number of hydrogen-bond acceptors (Lipinski definition) is 3. The Morgan fingerprint density at radius 1 is 1.42 bits per heavy atom. The molecule has 3 rings (SSSR count). The highest BCUT2D eigenvalue weighted by Crippen LogP contribution is 2.34. The molecule has 0 aromatic carbocycles. The molecule has 0 fully saturated rings. The van der Waals surface area contributed by atoms with E-state index in [-0.39, 0.29) is 0 Å². The summed E-state index contributed by atoms with van der Waals surface area (Å²) in [7, 11) is 0. The van der Waals surface area contributed by atoms with Gasteiger partial charge in [-0.3, -0.25) is 4.40 Å². The van der Waals surface area contributed by atoms with E-state index in [1.54, 1.807) is 6.20 Å². The predicted octanol–water partition coefficient (Wildman–Crippen LogP) is 1.06. The Hall–Kier alpha value is -1.71. The van der Waals surface area contributed by atoms with Gasteiger partial charge in [-0.2, -0.15) is 0 Å². The first-order chi connectivity index (χ1) is 5.95. The number of hydrogen-bond donors (Lipinski definition) is 0. The Morgan fingerprint density at radius 3 is 3.42 bits per heavy atom. The molecule has 0 N–H and O–H groups in total. The second kappa shape index (κ2) is 1.91. The lowest BCUT2D eigenvalue weighted by atomic mass is 10.6. The summed E-state index contributed by atoms with van der Waals surface area (Å²) in [5, 5.41) is 0. The van der Waals surface area contributed by atoms with Gasteiger partial charge in [0.2, 0.25) is 12.7 Å². The minimum absolute atomic E-state index is 0.308. The molecule has 0 saturated carbocycles. The van der Waals surface area contributed by atoms with Gasteiger partial charge in [0.25, 0.3) is 0 Å². The van der Waals surface area contributed by atoms with Gasteiger partial charge in [-0.25, -0.2) is 4.98 Å². The molecule has 2 aromatic heterocycles. The van der Waals surface area contributed by atoms with Gasteiger partial charge in [0, 0.05) is 18.5 Å². The van der Waals surface area contributed by atoms with Crippen molar-refractivity contribution in [3.8, 4) is 11.6 Å². The molecule has 0 amide bonds. The normalized spacial score (nSPS) is 14.0. The van der Waals surface area contributed by atoms with Crippen molar-refractivity contribution in [1.29, 1.82) is 0 Å². The van der Waals surface area contributed by atoms with Crippen molar-refractivity contribution >= 4 is 5.65 Å². The minimum Gasteiger partial charge on any atom is -0.452 e. The standard InChI is InChI=1S/C8H6N2O2/c1-2-9-7-4-6-8(10(7)3-1)12-5-11-6/h1-4H,5H2. The molecule has 60 valence electrons. The van der Waals surface area contributed by atoms with Crippen molar-refractivity contribution < 1.29 is 9.47 Å². The topological polar surface area (TPSA) is 35.8 Å². The van der Waals surface area contributed by atoms with E-state index in [9.17, 15) is 0 Å². The molecule has 0 unspecified atom stereocenters. The van der Waals surface area contributed by atoms with Gasteiger partial charge in [-0.1, -0.05) is 0 Å². The van der Waals surface area contributed by atoms with Crippen molar-refractivity contribution in [2.75, 3.05) is 6.79 Å². The van der Waals surface area contributed by atoms with Crippen LogP contribution in [0.4, 0.5) is 0 Å². The second-order valence-corrected chi connectivity index (χ2v) is 2.57. The van der Waals surface area contributed by atoms with Crippen LogP contribution in [0.25, 0.3) is 5.65 Å². The van der Waals surface area contributed by atoms with Crippen LogP contribution in [0.3, 0.4) is 0 Å². The quantitative estimate of drug-likeness (QED) is 0.581. The summed E-state index contributed by atoms with van der Waals surface area (Å²) < 4.78 is 12.3. The predicted molar refractivity (Wildman–Crippen MR) is 41.3 cm³/mol. The smallest absolute Gasteiger partial charge is 0.246 e. The summed E-state index contributed by atoms with van der Waals surface area (Å²) in [6.45, 7) is 0.308. The lowest BCUT2D eigenvalue weighted by Gasteiger charge is -1.95. The first-order valence-electron chi connectivity index (χ1n) is 3.67. The third-order valence-corrected chi connectivity index (χ3v) is 1.87. The summed E-state index contributed by atoms with van der Waals surface area (Å²) in [5.41, 5.74) is 0.849. The summed E-state index contributed by atoms with van der Waals surface area (Å²) in [5.74, 6) is 1.52. The van der Waals surface area contributed by atoms with E-state index < -0.39 is 0 Å². The maximum absolute atomic E-state index is 5.25. The van der Waals surface area contributed by atoms with Crippen molar-refractivity contribution in [1.82, 2.24) is 9.38 Å². The molecule has 0 atom stereocenters. The fraction of sp³-hybridized carbons (Fsp3) is 0.125. The fourth-order valence-electron chi connectivity index (χ4n) is 1.35. The van der Waals surface area contributed by atoms with Crippen LogP contribution in [0.15, 0.2) is 24.5 Å². The summed E-state index contributed by atoms with van der Waals surface area (Å²) in [6.07, 6.45) is 3.64. The van der Waals surface area contributed by atoms with E-state index in [4.69, 9.17) is 9.47 Å². The van der Waals surface area contributed by atoms with Crippen molar-refractivity contribution in [3.05, 3.63) is 24.5 Å². The molecule has 1 aliphatic rings. The monoisotopic (exact) mass is 162 g/mol. The molecule has 0 bridgehead atoms. The zero-order valence-corrected chi connectivity index (χ0v) is 6.23. The van der Waals surface area contributed by atoms with Crippen LogP contribution in [-0.4, -0.2) is 16.2 Å². The third kappa shape index (κ3) is 0.592. The van der Waals surface area contributed by atoms with Crippen LogP contribution >= 0.6 is 0 Å². The molecule has 1 aliphatic heterocycles. The van der Waals surface area contributed by atoms with Gasteiger partial charge >= 0.3 is 0 Å². The van der Waals surface area contributed by atoms with Crippen molar-refractivity contribution in [2.45, 2.75) is 0 Å². The van der Waals surface area contributed by atoms with Crippen LogP contribution in [-0.2, 0) is 0 Å². The summed E-state index contributed by atoms with van der Waals surface area (Å²) >= 11 is 0. The highest BCUT2D eigenvalue weighted by Gasteiger charge is 2.18. The molecular formula is C8H6N2O2. The molecule has 0 saturated heterocycles. The number of rotatable bonds is 0. The molecule has 4 nitrogen and oxygen atoms in total. The molecule has 0 spiro atoms. The van der Waals surface area contributed by atoms with Gasteiger partial charge in [0.15, 0.2) is 5.75 Å². The van der Waals surface area contributed by atoms with Gasteiger partial charge in [-0.15, -0.1) is 0 Å². The fourth-order valence-corrected chi connectivity index (χ4v) is 1.35. The Labute approximate surface area is 68.4 Å². The van der Waals surface area contributed by atoms with Crippen LogP contribution in [0.1, 0.15) is 0 Å². The largest absolute Gasteiger partial charge is 0.452 e. The molecular weight excluding hydrogens is 156 g/mol. The molecule has 0 radical (unpaired) electrons. The first-order valence-corrected chi connectivity index (χ1v) is 3.67. The Bertz CT molecular complexity index is 436. The van der Waals surface area contributed by atoms with Crippen LogP contribution in [0, 0.1) is 0 Å². The van der Waals surface area contributed by atoms with Gasteiger partial charge in [0.05, 0.1) is 0 Å². The highest BCUT2D eigenvalue weighted by atomic mass is 16.7. The van der Waals surface area contributed by atoms with Crippen LogP contribution in [0.2, 0.25) is 0 Å². The van der Waals surface area contributed by atoms with Gasteiger partial charge in [0.1, 0.15) is 5.65 Å². The number of ether oxygens (including phenoxy) is 2. The Balaban J connectivity index is 2.44. The van der Waals surface area contributed by atoms with Crippen LogP contribution in [0.5, 0.6) is 11.6 Å². The third-order valence-electron chi connectivity index (χ3n) is 1.87. The molecule has 2 aromatic rings.